The van der Waals surface area contributed by atoms with E-state index >= 15 is 0 Å². The van der Waals surface area contributed by atoms with Gasteiger partial charge in [0.1, 0.15) is 5.69 Å². The third-order valence-corrected chi connectivity index (χ3v) is 3.50. The third kappa shape index (κ3) is 2.88. The first-order valence-electron chi connectivity index (χ1n) is 7.37. The first-order valence-corrected chi connectivity index (χ1v) is 7.37. The Morgan fingerprint density at radius 2 is 1.88 bits per heavy atom. The van der Waals surface area contributed by atoms with Crippen molar-refractivity contribution in [3.63, 3.8) is 0 Å². The molecule has 8 nitrogen and oxygen atoms in total. The molecule has 0 spiro atoms. The Labute approximate surface area is 140 Å². The molecule has 1 aromatic carbocycles. The van der Waals surface area contributed by atoms with E-state index in [-0.39, 0.29) is 11.1 Å². The zero-order chi connectivity index (χ0) is 17.2. The smallest absolute Gasteiger partial charge is 0.406 e. The van der Waals surface area contributed by atoms with Crippen LogP contribution in [0.4, 0.5) is 5.69 Å². The number of carbonyl (C=O) groups is 1. The van der Waals surface area contributed by atoms with E-state index in [0.717, 1.165) is 0 Å². The molecule has 0 aliphatic rings. The Morgan fingerprint density at radius 1 is 1.04 bits per heavy atom. The summed E-state index contributed by atoms with van der Waals surface area (Å²) in [5, 5.41) is 2.69. The van der Waals surface area contributed by atoms with Crippen LogP contribution in [0.25, 0.3) is 22.6 Å². The number of oxazole rings is 1. The van der Waals surface area contributed by atoms with Crippen molar-refractivity contribution in [3.8, 4) is 11.5 Å². The topological polar surface area (TPSA) is 114 Å². The van der Waals surface area contributed by atoms with Gasteiger partial charge in [-0.25, -0.2) is 14.8 Å². The van der Waals surface area contributed by atoms with E-state index < -0.39 is 11.7 Å². The number of nitrogens with zero attached hydrogens (tertiary/aromatic N) is 3. The monoisotopic (exact) mass is 333 g/mol. The highest BCUT2D eigenvalue weighted by molar-refractivity contribution is 6.07. The number of para-hydroxylation sites is 1. The van der Waals surface area contributed by atoms with E-state index in [2.05, 4.69) is 25.3 Å². The van der Waals surface area contributed by atoms with Crippen LogP contribution >= 0.6 is 0 Å². The van der Waals surface area contributed by atoms with E-state index in [1.54, 1.807) is 36.5 Å². The number of benzene rings is 1. The molecule has 2 N–H and O–H groups in total. The fourth-order valence-electron chi connectivity index (χ4n) is 2.34. The molecule has 3 aromatic heterocycles. The molecule has 3 heterocycles. The third-order valence-electron chi connectivity index (χ3n) is 3.50. The van der Waals surface area contributed by atoms with E-state index in [9.17, 15) is 9.59 Å². The van der Waals surface area contributed by atoms with Gasteiger partial charge in [-0.05, 0) is 24.3 Å². The minimum absolute atomic E-state index is 0.273. The van der Waals surface area contributed by atoms with Crippen LogP contribution in [0.1, 0.15) is 10.4 Å². The molecule has 4 aromatic rings. The molecule has 0 saturated heterocycles. The van der Waals surface area contributed by atoms with Crippen LogP contribution < -0.4 is 11.1 Å². The first kappa shape index (κ1) is 14.8. The molecule has 122 valence electrons. The predicted octanol–water partition coefficient (Wildman–Crippen LogP) is 2.23. The molecule has 0 atom stereocenters. The van der Waals surface area contributed by atoms with Crippen LogP contribution in [0.3, 0.4) is 0 Å². The van der Waals surface area contributed by atoms with E-state index in [0.29, 0.717) is 22.7 Å². The van der Waals surface area contributed by atoms with Crippen molar-refractivity contribution in [1.29, 1.82) is 0 Å². The van der Waals surface area contributed by atoms with Crippen LogP contribution in [0, 0.1) is 0 Å². The molecular weight excluding hydrogens is 322 g/mol. The van der Waals surface area contributed by atoms with Crippen molar-refractivity contribution >= 4 is 22.7 Å². The number of amides is 1. The SMILES string of the molecule is O=C(Nc1cccc2[nH]c(=O)oc12)c1cnc(-c2ccccn2)nc1. The molecule has 0 radical (unpaired) electrons. The fraction of sp³-hybridized carbons (Fsp3) is 0. The van der Waals surface area contributed by atoms with Crippen molar-refractivity contribution in [3.05, 3.63) is 71.1 Å². The maximum absolute atomic E-state index is 12.4. The highest BCUT2D eigenvalue weighted by Gasteiger charge is 2.13. The lowest BCUT2D eigenvalue weighted by atomic mass is 10.2. The van der Waals surface area contributed by atoms with Gasteiger partial charge in [0.15, 0.2) is 11.4 Å². The maximum Gasteiger partial charge on any atom is 0.417 e. The van der Waals surface area contributed by atoms with Gasteiger partial charge in [0.05, 0.1) is 16.8 Å². The number of aromatic amines is 1. The van der Waals surface area contributed by atoms with Gasteiger partial charge in [0.25, 0.3) is 5.91 Å². The molecule has 0 aliphatic carbocycles. The van der Waals surface area contributed by atoms with Crippen molar-refractivity contribution < 1.29 is 9.21 Å². The molecular formula is C17H11N5O3. The van der Waals surface area contributed by atoms with Gasteiger partial charge < -0.3 is 9.73 Å². The zero-order valence-corrected chi connectivity index (χ0v) is 12.8. The number of anilines is 1. The van der Waals surface area contributed by atoms with Gasteiger partial charge in [-0.15, -0.1) is 0 Å². The molecule has 0 fully saturated rings. The minimum Gasteiger partial charge on any atom is -0.406 e. The summed E-state index contributed by atoms with van der Waals surface area (Å²) in [6.45, 7) is 0. The summed E-state index contributed by atoms with van der Waals surface area (Å²) < 4.78 is 5.05. The van der Waals surface area contributed by atoms with Crippen LogP contribution in [-0.4, -0.2) is 25.8 Å². The number of aromatic nitrogens is 4. The predicted molar refractivity (Wildman–Crippen MR) is 90.1 cm³/mol. The van der Waals surface area contributed by atoms with Crippen molar-refractivity contribution in [2.75, 3.05) is 5.32 Å². The van der Waals surface area contributed by atoms with E-state index in [1.165, 1.54) is 12.4 Å². The second-order valence-electron chi connectivity index (χ2n) is 5.16. The van der Waals surface area contributed by atoms with Gasteiger partial charge in [-0.1, -0.05) is 12.1 Å². The van der Waals surface area contributed by atoms with Crippen LogP contribution in [-0.2, 0) is 0 Å². The number of hydrogen-bond donors (Lipinski definition) is 2. The number of H-pyrrole nitrogens is 1. The summed E-state index contributed by atoms with van der Waals surface area (Å²) in [6.07, 6.45) is 4.48. The Morgan fingerprint density at radius 3 is 2.64 bits per heavy atom. The Balaban J connectivity index is 1.59. The van der Waals surface area contributed by atoms with Crippen molar-refractivity contribution in [2.24, 2.45) is 0 Å². The number of carbonyl (C=O) groups excluding carboxylic acids is 1. The molecule has 0 saturated carbocycles. The number of rotatable bonds is 3. The average molecular weight is 333 g/mol. The first-order chi connectivity index (χ1) is 12.2. The second-order valence-corrected chi connectivity index (χ2v) is 5.16. The fourth-order valence-corrected chi connectivity index (χ4v) is 2.34. The lowest BCUT2D eigenvalue weighted by Crippen LogP contribution is -2.13. The van der Waals surface area contributed by atoms with Crippen molar-refractivity contribution in [2.45, 2.75) is 0 Å². The van der Waals surface area contributed by atoms with E-state index in [4.69, 9.17) is 4.42 Å². The quantitative estimate of drug-likeness (QED) is 0.594. The maximum atomic E-state index is 12.4. The summed E-state index contributed by atoms with van der Waals surface area (Å²) in [4.78, 5) is 38.7. The van der Waals surface area contributed by atoms with Gasteiger partial charge in [-0.3, -0.25) is 14.8 Å². The Kier molecular flexibility index (Phi) is 3.55. The summed E-state index contributed by atoms with van der Waals surface area (Å²) >= 11 is 0. The molecule has 8 heteroatoms. The van der Waals surface area contributed by atoms with Gasteiger partial charge in [0, 0.05) is 18.6 Å². The summed E-state index contributed by atoms with van der Waals surface area (Å²) in [5.74, 6) is -0.570. The number of nitrogens with one attached hydrogen (secondary N) is 2. The zero-order valence-electron chi connectivity index (χ0n) is 12.8. The van der Waals surface area contributed by atoms with Gasteiger partial charge in [-0.2, -0.15) is 0 Å². The largest absolute Gasteiger partial charge is 0.417 e. The second kappa shape index (κ2) is 6.00. The minimum atomic E-state index is -0.584. The summed E-state index contributed by atoms with van der Waals surface area (Å²) in [6, 6.07) is 10.4. The Bertz CT molecular complexity index is 1100. The molecule has 0 bridgehead atoms. The number of fused-ring (bicyclic) bond motifs is 1. The van der Waals surface area contributed by atoms with Crippen LogP contribution in [0.2, 0.25) is 0 Å². The lowest BCUT2D eigenvalue weighted by molar-refractivity contribution is 0.102. The number of pyridine rings is 1. The van der Waals surface area contributed by atoms with Crippen LogP contribution in [0.5, 0.6) is 0 Å². The highest BCUT2D eigenvalue weighted by Crippen LogP contribution is 2.21. The summed E-state index contributed by atoms with van der Waals surface area (Å²) in [7, 11) is 0. The van der Waals surface area contributed by atoms with Gasteiger partial charge >= 0.3 is 5.76 Å². The standard InChI is InChI=1S/C17H11N5O3/c23-16(21-11-5-3-6-12-14(11)25-17(24)22-12)10-8-19-15(20-9-10)13-4-1-2-7-18-13/h1-9H,(H,21,23)(H,22,24). The van der Waals surface area contributed by atoms with E-state index in [1.807, 2.05) is 6.07 Å². The van der Waals surface area contributed by atoms with Crippen molar-refractivity contribution in [1.82, 2.24) is 19.9 Å². The molecule has 0 aliphatic heterocycles. The molecule has 4 rings (SSSR count). The lowest BCUT2D eigenvalue weighted by Gasteiger charge is -2.05. The number of hydrogen-bond acceptors (Lipinski definition) is 6. The molecule has 0 unspecified atom stereocenters. The Hall–Kier alpha value is -3.81. The molecule has 1 amide bonds. The summed E-state index contributed by atoms with van der Waals surface area (Å²) in [5.41, 5.74) is 2.06. The van der Waals surface area contributed by atoms with Crippen LogP contribution in [0.15, 0.2) is 64.2 Å². The highest BCUT2D eigenvalue weighted by atomic mass is 16.4. The normalized spacial score (nSPS) is 10.7. The molecule has 25 heavy (non-hydrogen) atoms. The van der Waals surface area contributed by atoms with Gasteiger partial charge in [0.2, 0.25) is 0 Å². The average Bonchev–Trinajstić information content (AvgIpc) is 3.04.